The Morgan fingerprint density at radius 3 is 2.10 bits per heavy atom. The van der Waals surface area contributed by atoms with Gasteiger partial charge in [-0.05, 0) is 52.8 Å². The fraction of sp³-hybridized carbons (Fsp3) is 1.00. The molecule has 1 aliphatic heterocycles. The van der Waals surface area contributed by atoms with Crippen molar-refractivity contribution in [3.63, 3.8) is 0 Å². The van der Waals surface area contributed by atoms with E-state index in [1.54, 1.807) is 0 Å². The molecule has 1 unspecified atom stereocenters. The highest BCUT2D eigenvalue weighted by molar-refractivity contribution is 5.11. The van der Waals surface area contributed by atoms with Gasteiger partial charge in [0.15, 0.2) is 0 Å². The summed E-state index contributed by atoms with van der Waals surface area (Å²) in [6.45, 7) is 19.7. The molecule has 0 aromatic heterocycles. The lowest BCUT2D eigenvalue weighted by Crippen LogP contribution is -2.48. The Labute approximate surface area is 125 Å². The van der Waals surface area contributed by atoms with Crippen molar-refractivity contribution in [2.45, 2.75) is 80.4 Å². The first kappa shape index (κ1) is 14.9. The number of rotatable bonds is 0. The number of hydrogen-bond acceptors (Lipinski definition) is 1. The van der Waals surface area contributed by atoms with Crippen LogP contribution < -0.4 is 0 Å². The van der Waals surface area contributed by atoms with Crippen LogP contribution in [0.15, 0.2) is 0 Å². The Kier molecular flexibility index (Phi) is 3.00. The summed E-state index contributed by atoms with van der Waals surface area (Å²) in [5, 5.41) is 0. The highest BCUT2D eigenvalue weighted by atomic mass is 16.5. The van der Waals surface area contributed by atoms with E-state index < -0.39 is 0 Å². The zero-order valence-electron chi connectivity index (χ0n) is 14.8. The summed E-state index contributed by atoms with van der Waals surface area (Å²) >= 11 is 0. The highest BCUT2D eigenvalue weighted by Crippen LogP contribution is 2.65. The number of fused-ring (bicyclic) bond motifs is 2. The molecule has 20 heavy (non-hydrogen) atoms. The lowest BCUT2D eigenvalue weighted by molar-refractivity contribution is -0.148. The van der Waals surface area contributed by atoms with Gasteiger partial charge in [0.05, 0.1) is 12.2 Å². The molecule has 0 aromatic rings. The van der Waals surface area contributed by atoms with Gasteiger partial charge >= 0.3 is 0 Å². The molecule has 3 aliphatic rings. The topological polar surface area (TPSA) is 9.23 Å². The molecule has 116 valence electrons. The van der Waals surface area contributed by atoms with Gasteiger partial charge in [-0.1, -0.05) is 55.4 Å². The predicted octanol–water partition coefficient (Wildman–Crippen LogP) is 5.14. The van der Waals surface area contributed by atoms with Crippen molar-refractivity contribution < 1.29 is 4.74 Å². The Morgan fingerprint density at radius 2 is 1.50 bits per heavy atom. The molecular formula is C19H34O. The second kappa shape index (κ2) is 4.03. The molecule has 1 nitrogen and oxygen atoms in total. The van der Waals surface area contributed by atoms with Crippen LogP contribution in [0.2, 0.25) is 0 Å². The zero-order valence-corrected chi connectivity index (χ0v) is 14.8. The van der Waals surface area contributed by atoms with E-state index >= 15 is 0 Å². The second-order valence-corrected chi connectivity index (χ2v) is 9.98. The molecule has 2 saturated carbocycles. The molecule has 1 saturated heterocycles. The summed E-state index contributed by atoms with van der Waals surface area (Å²) in [5.41, 5.74) is 1.23. The van der Waals surface area contributed by atoms with Gasteiger partial charge in [0, 0.05) is 0 Å². The minimum Gasteiger partial charge on any atom is -0.374 e. The summed E-state index contributed by atoms with van der Waals surface area (Å²) in [6.07, 6.45) is 3.59. The predicted molar refractivity (Wildman–Crippen MR) is 84.5 cm³/mol. The van der Waals surface area contributed by atoms with Gasteiger partial charge in [0.25, 0.3) is 0 Å². The molecule has 0 spiro atoms. The molecule has 0 amide bonds. The van der Waals surface area contributed by atoms with Gasteiger partial charge < -0.3 is 4.74 Å². The first-order valence-electron chi connectivity index (χ1n) is 8.64. The molecule has 1 heterocycles. The molecule has 3 rings (SSSR count). The fourth-order valence-electron chi connectivity index (χ4n) is 5.83. The van der Waals surface area contributed by atoms with Crippen LogP contribution in [0.3, 0.4) is 0 Å². The monoisotopic (exact) mass is 278 g/mol. The average molecular weight is 278 g/mol. The lowest BCUT2D eigenvalue weighted by atomic mass is 9.61. The van der Waals surface area contributed by atoms with Crippen molar-refractivity contribution in [3.05, 3.63) is 0 Å². The summed E-state index contributed by atoms with van der Waals surface area (Å²) in [6, 6.07) is 0. The molecule has 3 fully saturated rings. The average Bonchev–Trinajstić information content (AvgIpc) is 2.61. The Morgan fingerprint density at radius 1 is 0.900 bits per heavy atom. The molecule has 0 bridgehead atoms. The summed E-state index contributed by atoms with van der Waals surface area (Å²) in [7, 11) is 0. The number of ether oxygens (including phenoxy) is 1. The fourth-order valence-corrected chi connectivity index (χ4v) is 5.83. The Bertz CT molecular complexity index is 406. The third-order valence-electron chi connectivity index (χ3n) is 8.17. The van der Waals surface area contributed by atoms with Crippen molar-refractivity contribution in [1.82, 2.24) is 0 Å². The van der Waals surface area contributed by atoms with Gasteiger partial charge in [-0.3, -0.25) is 0 Å². The van der Waals surface area contributed by atoms with Crippen LogP contribution in [-0.4, -0.2) is 12.2 Å². The maximum Gasteiger partial charge on any atom is 0.0640 e. The first-order chi connectivity index (χ1) is 8.99. The van der Waals surface area contributed by atoms with Crippen molar-refractivity contribution >= 4 is 0 Å². The zero-order chi connectivity index (χ0) is 15.1. The molecule has 0 aromatic carbocycles. The highest BCUT2D eigenvalue weighted by Gasteiger charge is 2.63. The van der Waals surface area contributed by atoms with Crippen molar-refractivity contribution in [2.75, 3.05) is 0 Å². The molecular weight excluding hydrogens is 244 g/mol. The van der Waals surface area contributed by atoms with Crippen LogP contribution in [0.1, 0.15) is 68.2 Å². The molecule has 6 atom stereocenters. The summed E-state index contributed by atoms with van der Waals surface area (Å²) in [5.74, 6) is 3.01. The SMILES string of the molecule is C[C@H]1[C@H]2[C@H](CC(C)(C)C2(C)C)OC2[C@@H]1CC(C)(C)[C@H]2C. The molecule has 0 radical (unpaired) electrons. The molecule has 0 N–H and O–H groups in total. The van der Waals surface area contributed by atoms with Gasteiger partial charge in [0.1, 0.15) is 0 Å². The van der Waals surface area contributed by atoms with E-state index in [4.69, 9.17) is 4.74 Å². The molecule has 2 aliphatic carbocycles. The maximum absolute atomic E-state index is 6.72. The van der Waals surface area contributed by atoms with E-state index in [0.29, 0.717) is 34.4 Å². The van der Waals surface area contributed by atoms with Crippen LogP contribution in [0.5, 0.6) is 0 Å². The van der Waals surface area contributed by atoms with Crippen LogP contribution in [0, 0.1) is 39.9 Å². The van der Waals surface area contributed by atoms with Crippen LogP contribution in [-0.2, 0) is 4.74 Å². The van der Waals surface area contributed by atoms with Gasteiger partial charge in [0.2, 0.25) is 0 Å². The normalized spacial score (nSPS) is 51.6. The minimum atomic E-state index is 0.387. The van der Waals surface area contributed by atoms with Crippen molar-refractivity contribution in [2.24, 2.45) is 39.9 Å². The third-order valence-corrected chi connectivity index (χ3v) is 8.17. The largest absolute Gasteiger partial charge is 0.374 e. The van der Waals surface area contributed by atoms with Crippen LogP contribution in [0.25, 0.3) is 0 Å². The van der Waals surface area contributed by atoms with Crippen molar-refractivity contribution in [3.8, 4) is 0 Å². The molecule has 1 heteroatoms. The summed E-state index contributed by atoms with van der Waals surface area (Å²) < 4.78 is 6.72. The van der Waals surface area contributed by atoms with Gasteiger partial charge in [-0.25, -0.2) is 0 Å². The first-order valence-corrected chi connectivity index (χ1v) is 8.64. The quantitative estimate of drug-likeness (QED) is 0.596. The standard InChI is InChI=1S/C19H34O/c1-11-13-9-17(3,4)12(2)16(13)20-14-10-18(5,6)19(7,8)15(11)14/h11-16H,9-10H2,1-8H3/t11-,12+,13-,14+,15+,16?/m1/s1. The van der Waals surface area contributed by atoms with Crippen LogP contribution >= 0.6 is 0 Å². The Balaban J connectivity index is 1.94. The van der Waals surface area contributed by atoms with E-state index in [-0.39, 0.29) is 0 Å². The smallest absolute Gasteiger partial charge is 0.0640 e. The van der Waals surface area contributed by atoms with Gasteiger partial charge in [-0.15, -0.1) is 0 Å². The van der Waals surface area contributed by atoms with Gasteiger partial charge in [-0.2, -0.15) is 0 Å². The van der Waals surface area contributed by atoms with E-state index in [9.17, 15) is 0 Å². The van der Waals surface area contributed by atoms with Crippen LogP contribution in [0.4, 0.5) is 0 Å². The van der Waals surface area contributed by atoms with Crippen molar-refractivity contribution in [1.29, 1.82) is 0 Å². The number of hydrogen-bond donors (Lipinski definition) is 0. The third kappa shape index (κ3) is 1.71. The van der Waals surface area contributed by atoms with E-state index in [1.165, 1.54) is 12.8 Å². The second-order valence-electron chi connectivity index (χ2n) is 9.98. The van der Waals surface area contributed by atoms with E-state index in [1.807, 2.05) is 0 Å². The summed E-state index contributed by atoms with van der Waals surface area (Å²) in [4.78, 5) is 0. The lowest BCUT2D eigenvalue weighted by Gasteiger charge is -2.48. The van der Waals surface area contributed by atoms with E-state index in [0.717, 1.165) is 17.8 Å². The van der Waals surface area contributed by atoms with E-state index in [2.05, 4.69) is 55.4 Å². The maximum atomic E-state index is 6.72. The Hall–Kier alpha value is -0.0400. The minimum absolute atomic E-state index is 0.387.